The van der Waals surface area contributed by atoms with E-state index in [2.05, 4.69) is 25.9 Å². The average molecular weight is 483 g/mol. The summed E-state index contributed by atoms with van der Waals surface area (Å²) in [5.41, 5.74) is 2.62. The minimum absolute atomic E-state index is 0.0329. The summed E-state index contributed by atoms with van der Waals surface area (Å²) in [4.78, 5) is 22.8. The lowest BCUT2D eigenvalue weighted by Crippen LogP contribution is -2.43. The molecule has 1 aromatic heterocycles. The first-order valence-corrected chi connectivity index (χ1v) is 12.7. The van der Waals surface area contributed by atoms with Crippen molar-refractivity contribution in [3.8, 4) is 0 Å². The highest BCUT2D eigenvalue weighted by molar-refractivity contribution is 7.89. The number of sulfone groups is 1. The zero-order chi connectivity index (χ0) is 24.9. The maximum atomic E-state index is 12.1. The van der Waals surface area contributed by atoms with Crippen molar-refractivity contribution in [2.24, 2.45) is 0 Å². The first-order valence-electron chi connectivity index (χ1n) is 10.7. The van der Waals surface area contributed by atoms with Gasteiger partial charge in [-0.05, 0) is 68.8 Å². The number of carbonyl (C=O) groups excluding carboxylic acids is 1. The van der Waals surface area contributed by atoms with Gasteiger partial charge in [-0.25, -0.2) is 18.2 Å². The summed E-state index contributed by atoms with van der Waals surface area (Å²) < 4.78 is 23.2. The maximum absolute atomic E-state index is 12.1. The summed E-state index contributed by atoms with van der Waals surface area (Å²) in [6, 6.07) is 16.1. The number of hydrogen-bond donors (Lipinski definition) is 3. The van der Waals surface area contributed by atoms with Crippen molar-refractivity contribution < 1.29 is 13.2 Å². The van der Waals surface area contributed by atoms with Gasteiger partial charge in [0.1, 0.15) is 5.82 Å². The molecular weight excluding hydrogens is 452 g/mol. The molecule has 3 aromatic rings. The van der Waals surface area contributed by atoms with Gasteiger partial charge in [-0.2, -0.15) is 4.98 Å². The predicted octanol–water partition coefficient (Wildman–Crippen LogP) is 4.45. The van der Waals surface area contributed by atoms with Crippen LogP contribution in [0.2, 0.25) is 0 Å². The van der Waals surface area contributed by atoms with Crippen molar-refractivity contribution >= 4 is 44.7 Å². The standard InChI is InChI=1S/C24H30N6O3S/c1-24(2,3)29-23(31)27-18-9-11-20(12-10-18)30(4)21-13-14-25-22(28-21)26-19-8-6-7-17(15-19)16-34(5,32)33/h6-15H,16H2,1-5H3,(H,25,26,28)(H2,27,29,31). The van der Waals surface area contributed by atoms with Crippen molar-refractivity contribution in [2.75, 3.05) is 28.8 Å². The second-order valence-corrected chi connectivity index (χ2v) is 11.2. The van der Waals surface area contributed by atoms with Crippen LogP contribution in [0.4, 0.5) is 33.6 Å². The van der Waals surface area contributed by atoms with E-state index in [1.807, 2.05) is 63.1 Å². The first kappa shape index (κ1) is 25.0. The normalized spacial score (nSPS) is 11.6. The molecule has 0 spiro atoms. The van der Waals surface area contributed by atoms with Crippen LogP contribution in [0.5, 0.6) is 0 Å². The molecule has 0 saturated carbocycles. The number of urea groups is 1. The van der Waals surface area contributed by atoms with Crippen LogP contribution in [0.25, 0.3) is 0 Å². The van der Waals surface area contributed by atoms with E-state index < -0.39 is 9.84 Å². The van der Waals surface area contributed by atoms with E-state index in [1.165, 1.54) is 6.26 Å². The molecule has 0 fully saturated rings. The summed E-state index contributed by atoms with van der Waals surface area (Å²) in [6.45, 7) is 5.76. The van der Waals surface area contributed by atoms with Crippen LogP contribution in [0.15, 0.2) is 60.8 Å². The molecule has 0 saturated heterocycles. The van der Waals surface area contributed by atoms with Gasteiger partial charge < -0.3 is 20.9 Å². The van der Waals surface area contributed by atoms with E-state index >= 15 is 0 Å². The Bertz CT molecular complexity index is 1250. The highest BCUT2D eigenvalue weighted by Crippen LogP contribution is 2.25. The summed E-state index contributed by atoms with van der Waals surface area (Å²) in [5, 5.41) is 8.80. The Hall–Kier alpha value is -3.66. The number of benzene rings is 2. The minimum atomic E-state index is -3.13. The number of rotatable bonds is 7. The van der Waals surface area contributed by atoms with Crippen molar-refractivity contribution in [3.05, 3.63) is 66.4 Å². The fourth-order valence-electron chi connectivity index (χ4n) is 3.17. The molecule has 0 aliphatic heterocycles. The SMILES string of the molecule is CN(c1ccc(NC(=O)NC(C)(C)C)cc1)c1ccnc(Nc2cccc(CS(C)(=O)=O)c2)n1. The van der Waals surface area contributed by atoms with Gasteiger partial charge in [0.15, 0.2) is 9.84 Å². The zero-order valence-corrected chi connectivity index (χ0v) is 20.8. The lowest BCUT2D eigenvalue weighted by molar-refractivity contribution is 0.244. The van der Waals surface area contributed by atoms with E-state index in [0.717, 1.165) is 5.69 Å². The molecule has 3 rings (SSSR count). The quantitative estimate of drug-likeness (QED) is 0.455. The van der Waals surface area contributed by atoms with E-state index in [9.17, 15) is 13.2 Å². The maximum Gasteiger partial charge on any atom is 0.319 e. The van der Waals surface area contributed by atoms with E-state index in [-0.39, 0.29) is 17.3 Å². The molecule has 3 N–H and O–H groups in total. The van der Waals surface area contributed by atoms with Crippen LogP contribution in [-0.2, 0) is 15.6 Å². The monoisotopic (exact) mass is 482 g/mol. The number of anilines is 5. The largest absolute Gasteiger partial charge is 0.333 e. The van der Waals surface area contributed by atoms with Crippen LogP contribution >= 0.6 is 0 Å². The summed E-state index contributed by atoms with van der Waals surface area (Å²) in [5.74, 6) is 1.02. The van der Waals surface area contributed by atoms with Crippen molar-refractivity contribution in [1.82, 2.24) is 15.3 Å². The molecule has 1 heterocycles. The smallest absolute Gasteiger partial charge is 0.319 e. The first-order chi connectivity index (χ1) is 15.9. The third-order valence-corrected chi connectivity index (χ3v) is 5.46. The second-order valence-electron chi connectivity index (χ2n) is 9.07. The second kappa shape index (κ2) is 10.1. The third-order valence-electron chi connectivity index (χ3n) is 4.60. The van der Waals surface area contributed by atoms with Crippen LogP contribution in [-0.4, -0.2) is 43.3 Å². The number of aromatic nitrogens is 2. The van der Waals surface area contributed by atoms with Crippen LogP contribution in [0.1, 0.15) is 26.3 Å². The molecular formula is C24H30N6O3S. The van der Waals surface area contributed by atoms with Crippen molar-refractivity contribution in [3.63, 3.8) is 0 Å². The van der Waals surface area contributed by atoms with Gasteiger partial charge in [0, 0.05) is 42.1 Å². The Kier molecular flexibility index (Phi) is 7.41. The zero-order valence-electron chi connectivity index (χ0n) is 20.0. The number of amides is 2. The highest BCUT2D eigenvalue weighted by Gasteiger charge is 2.14. The van der Waals surface area contributed by atoms with Gasteiger partial charge >= 0.3 is 6.03 Å². The summed E-state index contributed by atoms with van der Waals surface area (Å²) >= 11 is 0. The fourth-order valence-corrected chi connectivity index (χ4v) is 3.96. The Labute approximate surface area is 200 Å². The predicted molar refractivity (Wildman–Crippen MR) is 137 cm³/mol. The molecule has 0 aliphatic rings. The molecule has 9 nitrogen and oxygen atoms in total. The molecule has 10 heteroatoms. The van der Waals surface area contributed by atoms with Gasteiger partial charge in [-0.3, -0.25) is 0 Å². The minimum Gasteiger partial charge on any atom is -0.333 e. The van der Waals surface area contributed by atoms with E-state index in [4.69, 9.17) is 0 Å². The van der Waals surface area contributed by atoms with Gasteiger partial charge in [0.05, 0.1) is 5.75 Å². The third kappa shape index (κ3) is 7.73. The summed E-state index contributed by atoms with van der Waals surface area (Å²) in [6.07, 6.45) is 2.85. The molecule has 0 bridgehead atoms. The lowest BCUT2D eigenvalue weighted by atomic mass is 10.1. The highest BCUT2D eigenvalue weighted by atomic mass is 32.2. The lowest BCUT2D eigenvalue weighted by Gasteiger charge is -2.21. The van der Waals surface area contributed by atoms with Crippen LogP contribution in [0.3, 0.4) is 0 Å². The Balaban J connectivity index is 1.69. The molecule has 0 radical (unpaired) electrons. The average Bonchev–Trinajstić information content (AvgIpc) is 2.71. The summed E-state index contributed by atoms with van der Waals surface area (Å²) in [7, 11) is -1.24. The number of hydrogen-bond acceptors (Lipinski definition) is 7. The molecule has 2 amide bonds. The number of carbonyl (C=O) groups is 1. The molecule has 180 valence electrons. The molecule has 0 atom stereocenters. The number of nitrogens with one attached hydrogen (secondary N) is 3. The Morgan fingerprint density at radius 3 is 2.38 bits per heavy atom. The van der Waals surface area contributed by atoms with Gasteiger partial charge in [-0.15, -0.1) is 0 Å². The van der Waals surface area contributed by atoms with Crippen molar-refractivity contribution in [2.45, 2.75) is 32.1 Å². The van der Waals surface area contributed by atoms with Crippen LogP contribution in [0, 0.1) is 0 Å². The Morgan fingerprint density at radius 1 is 1.03 bits per heavy atom. The van der Waals surface area contributed by atoms with Gasteiger partial charge in [0.2, 0.25) is 5.95 Å². The van der Waals surface area contributed by atoms with Gasteiger partial charge in [-0.1, -0.05) is 12.1 Å². The van der Waals surface area contributed by atoms with Crippen molar-refractivity contribution in [1.29, 1.82) is 0 Å². The molecule has 34 heavy (non-hydrogen) atoms. The fraction of sp³-hybridized carbons (Fsp3) is 0.292. The Morgan fingerprint density at radius 2 is 1.74 bits per heavy atom. The number of nitrogens with zero attached hydrogens (tertiary/aromatic N) is 3. The van der Waals surface area contributed by atoms with Crippen LogP contribution < -0.4 is 20.9 Å². The topological polar surface area (TPSA) is 116 Å². The molecule has 0 unspecified atom stereocenters. The van der Waals surface area contributed by atoms with E-state index in [1.54, 1.807) is 30.5 Å². The van der Waals surface area contributed by atoms with E-state index in [0.29, 0.717) is 28.7 Å². The molecule has 2 aromatic carbocycles. The molecule has 0 aliphatic carbocycles. The van der Waals surface area contributed by atoms with Gasteiger partial charge in [0.25, 0.3) is 0 Å².